The molecule has 1 aliphatic heterocycles. The molecule has 2 aliphatic rings. The number of amides is 1. The standard InChI is InChI=1S/C34H36N2O6/c1-6-42-27-13-9-7-11-23(27)32-31(34(38)36-24-12-8-10-14-28(24)39-3)20(2)35-25-17-22(18-26(37)33(25)32)21-15-16-29(40-4)30(19-21)41-5/h7-16,19,22,32,35H,6,17-18H2,1-5H3,(H,36,38)/t22-,32-/m0/s1. The second-order valence-corrected chi connectivity index (χ2v) is 10.3. The van der Waals surface area contributed by atoms with E-state index in [1.54, 1.807) is 33.5 Å². The number of ketones is 1. The Balaban J connectivity index is 1.59. The van der Waals surface area contributed by atoms with Gasteiger partial charge in [0.25, 0.3) is 5.91 Å². The van der Waals surface area contributed by atoms with Crippen molar-refractivity contribution < 1.29 is 28.5 Å². The average molecular weight is 569 g/mol. The van der Waals surface area contributed by atoms with E-state index in [1.165, 1.54) is 0 Å². The van der Waals surface area contributed by atoms with Gasteiger partial charge in [0.05, 0.1) is 39.5 Å². The maximum absolute atomic E-state index is 14.1. The Morgan fingerprint density at radius 3 is 2.29 bits per heavy atom. The van der Waals surface area contributed by atoms with E-state index in [4.69, 9.17) is 18.9 Å². The van der Waals surface area contributed by atoms with Crippen LogP contribution in [-0.4, -0.2) is 39.6 Å². The zero-order valence-corrected chi connectivity index (χ0v) is 24.6. The van der Waals surface area contributed by atoms with E-state index in [-0.39, 0.29) is 17.6 Å². The van der Waals surface area contributed by atoms with Gasteiger partial charge in [0.2, 0.25) is 0 Å². The summed E-state index contributed by atoms with van der Waals surface area (Å²) in [6.45, 7) is 4.25. The summed E-state index contributed by atoms with van der Waals surface area (Å²) in [6.07, 6.45) is 0.895. The number of carbonyl (C=O) groups excluding carboxylic acids is 2. The molecule has 8 nitrogen and oxygen atoms in total. The van der Waals surface area contributed by atoms with Gasteiger partial charge in [0.1, 0.15) is 11.5 Å². The molecular weight excluding hydrogens is 532 g/mol. The van der Waals surface area contributed by atoms with Crippen molar-refractivity contribution in [2.24, 2.45) is 0 Å². The highest BCUT2D eigenvalue weighted by Gasteiger charge is 2.42. The third-order valence-corrected chi connectivity index (χ3v) is 7.84. The lowest BCUT2D eigenvalue weighted by Crippen LogP contribution is -2.37. The highest BCUT2D eigenvalue weighted by Crippen LogP contribution is 2.48. The summed E-state index contributed by atoms with van der Waals surface area (Å²) in [5.41, 5.74) is 4.86. The molecule has 8 heteroatoms. The molecule has 1 heterocycles. The maximum atomic E-state index is 14.1. The fourth-order valence-electron chi connectivity index (χ4n) is 5.94. The van der Waals surface area contributed by atoms with Crippen LogP contribution in [-0.2, 0) is 9.59 Å². The molecule has 5 rings (SSSR count). The molecule has 0 unspecified atom stereocenters. The van der Waals surface area contributed by atoms with E-state index >= 15 is 0 Å². The van der Waals surface area contributed by atoms with E-state index in [0.717, 1.165) is 16.8 Å². The zero-order chi connectivity index (χ0) is 29.8. The topological polar surface area (TPSA) is 95.1 Å². The fourth-order valence-corrected chi connectivity index (χ4v) is 5.94. The molecule has 3 aromatic carbocycles. The summed E-state index contributed by atoms with van der Waals surface area (Å²) in [4.78, 5) is 28.1. The smallest absolute Gasteiger partial charge is 0.254 e. The highest BCUT2D eigenvalue weighted by atomic mass is 16.5. The van der Waals surface area contributed by atoms with Gasteiger partial charge in [0.15, 0.2) is 17.3 Å². The quantitative estimate of drug-likeness (QED) is 0.322. The molecule has 0 saturated heterocycles. The van der Waals surface area contributed by atoms with Crippen molar-refractivity contribution >= 4 is 17.4 Å². The lowest BCUT2D eigenvalue weighted by Gasteiger charge is -2.37. The van der Waals surface area contributed by atoms with Crippen LogP contribution < -0.4 is 29.6 Å². The summed E-state index contributed by atoms with van der Waals surface area (Å²) in [6, 6.07) is 20.6. The first-order valence-corrected chi connectivity index (χ1v) is 14.0. The van der Waals surface area contributed by atoms with E-state index in [1.807, 2.05) is 68.4 Å². The third-order valence-electron chi connectivity index (χ3n) is 7.84. The molecule has 0 spiro atoms. The normalized spacial score (nSPS) is 18.2. The van der Waals surface area contributed by atoms with Crippen molar-refractivity contribution in [1.29, 1.82) is 0 Å². The van der Waals surface area contributed by atoms with Crippen molar-refractivity contribution in [1.82, 2.24) is 5.32 Å². The van der Waals surface area contributed by atoms with Crippen molar-refractivity contribution in [2.75, 3.05) is 33.3 Å². The summed E-state index contributed by atoms with van der Waals surface area (Å²) in [7, 11) is 4.76. The molecule has 0 fully saturated rings. The predicted octanol–water partition coefficient (Wildman–Crippen LogP) is 6.11. The van der Waals surface area contributed by atoms with Crippen LogP contribution in [0.4, 0.5) is 5.69 Å². The molecule has 42 heavy (non-hydrogen) atoms. The number of rotatable bonds is 9. The minimum absolute atomic E-state index is 0.0186. The molecule has 3 aromatic rings. The number of para-hydroxylation sites is 3. The number of anilines is 1. The van der Waals surface area contributed by atoms with Crippen LogP contribution in [0.2, 0.25) is 0 Å². The largest absolute Gasteiger partial charge is 0.495 e. The number of hydrogen-bond acceptors (Lipinski definition) is 7. The van der Waals surface area contributed by atoms with Crippen LogP contribution in [0.15, 0.2) is 89.3 Å². The Hall–Kier alpha value is -4.72. The average Bonchev–Trinajstić information content (AvgIpc) is 3.00. The fraction of sp³-hybridized carbons (Fsp3) is 0.294. The van der Waals surface area contributed by atoms with Crippen LogP contribution in [0, 0.1) is 0 Å². The molecule has 0 aromatic heterocycles. The number of nitrogens with one attached hydrogen (secondary N) is 2. The van der Waals surface area contributed by atoms with Gasteiger partial charge in [-0.3, -0.25) is 9.59 Å². The number of methoxy groups -OCH3 is 3. The molecule has 2 N–H and O–H groups in total. The lowest BCUT2D eigenvalue weighted by atomic mass is 9.71. The Bertz CT molecular complexity index is 1570. The second kappa shape index (κ2) is 12.4. The molecular formula is C34H36N2O6. The first-order chi connectivity index (χ1) is 20.4. The van der Waals surface area contributed by atoms with Gasteiger partial charge >= 0.3 is 0 Å². The number of dihydropyridines is 1. The van der Waals surface area contributed by atoms with Gasteiger partial charge in [-0.2, -0.15) is 0 Å². The van der Waals surface area contributed by atoms with Crippen molar-refractivity contribution in [3.05, 3.63) is 100 Å². The first kappa shape index (κ1) is 28.8. The third kappa shape index (κ3) is 5.44. The first-order valence-electron chi connectivity index (χ1n) is 14.0. The van der Waals surface area contributed by atoms with Crippen LogP contribution in [0.1, 0.15) is 49.7 Å². The van der Waals surface area contributed by atoms with E-state index < -0.39 is 5.92 Å². The van der Waals surface area contributed by atoms with E-state index in [2.05, 4.69) is 10.6 Å². The second-order valence-electron chi connectivity index (χ2n) is 10.3. The molecule has 1 amide bonds. The Labute approximate surface area is 246 Å². The number of hydrogen-bond donors (Lipinski definition) is 2. The minimum Gasteiger partial charge on any atom is -0.495 e. The number of ether oxygens (including phenoxy) is 4. The molecule has 1 aliphatic carbocycles. The molecule has 218 valence electrons. The molecule has 0 radical (unpaired) electrons. The van der Waals surface area contributed by atoms with E-state index in [0.29, 0.717) is 65.0 Å². The minimum atomic E-state index is -0.613. The monoisotopic (exact) mass is 568 g/mol. The maximum Gasteiger partial charge on any atom is 0.254 e. The van der Waals surface area contributed by atoms with Crippen LogP contribution in [0.3, 0.4) is 0 Å². The summed E-state index contributed by atoms with van der Waals surface area (Å²) < 4.78 is 22.4. The SMILES string of the molecule is CCOc1ccccc1[C@H]1C(C(=O)Nc2ccccc2OC)=C(C)NC2=C1C(=O)C[C@@H](c1ccc(OC)c(OC)c1)C2. The zero-order valence-electron chi connectivity index (χ0n) is 24.6. The molecule has 0 saturated carbocycles. The van der Waals surface area contributed by atoms with Crippen LogP contribution in [0.25, 0.3) is 0 Å². The Morgan fingerprint density at radius 2 is 1.57 bits per heavy atom. The van der Waals surface area contributed by atoms with Crippen LogP contribution in [0.5, 0.6) is 23.0 Å². The molecule has 0 bridgehead atoms. The number of benzene rings is 3. The van der Waals surface area contributed by atoms with Gasteiger partial charge in [-0.05, 0) is 62.1 Å². The number of carbonyl (C=O) groups is 2. The predicted molar refractivity (Wildman–Crippen MR) is 161 cm³/mol. The van der Waals surface area contributed by atoms with E-state index in [9.17, 15) is 9.59 Å². The van der Waals surface area contributed by atoms with Gasteiger partial charge < -0.3 is 29.6 Å². The van der Waals surface area contributed by atoms with Gasteiger partial charge in [-0.1, -0.05) is 36.4 Å². The summed E-state index contributed by atoms with van der Waals surface area (Å²) in [5, 5.41) is 6.46. The van der Waals surface area contributed by atoms with Gasteiger partial charge in [-0.25, -0.2) is 0 Å². The number of Topliss-reactive ketones (excluding diaryl/α,β-unsaturated/α-hetero) is 1. The summed E-state index contributed by atoms with van der Waals surface area (Å²) in [5.74, 6) is 1.43. The molecule has 2 atom stereocenters. The van der Waals surface area contributed by atoms with Crippen LogP contribution >= 0.6 is 0 Å². The van der Waals surface area contributed by atoms with Gasteiger partial charge in [0, 0.05) is 34.5 Å². The lowest BCUT2D eigenvalue weighted by molar-refractivity contribution is -0.116. The summed E-state index contributed by atoms with van der Waals surface area (Å²) >= 11 is 0. The van der Waals surface area contributed by atoms with Crippen molar-refractivity contribution in [3.8, 4) is 23.0 Å². The highest BCUT2D eigenvalue weighted by molar-refractivity contribution is 6.10. The van der Waals surface area contributed by atoms with Gasteiger partial charge in [-0.15, -0.1) is 0 Å². The Kier molecular flexibility index (Phi) is 8.52. The van der Waals surface area contributed by atoms with Crippen molar-refractivity contribution in [3.63, 3.8) is 0 Å². The Morgan fingerprint density at radius 1 is 0.881 bits per heavy atom. The number of allylic oxidation sites excluding steroid dienone is 3. The van der Waals surface area contributed by atoms with Crippen molar-refractivity contribution in [2.45, 2.75) is 38.5 Å².